The Morgan fingerprint density at radius 1 is 0.875 bits per heavy atom. The molecule has 8 heavy (non-hydrogen) atoms. The molecule has 0 atom stereocenters. The minimum absolute atomic E-state index is 1.33. The quantitative estimate of drug-likeness (QED) is 0.383. The van der Waals surface area contributed by atoms with Crippen LogP contribution < -0.4 is 0 Å². The van der Waals surface area contributed by atoms with E-state index in [1.54, 1.807) is 0 Å². The maximum atomic E-state index is 11.5. The van der Waals surface area contributed by atoms with Gasteiger partial charge in [0.2, 0.25) is -0.565 Å². The Balaban J connectivity index is 4.02. The molecule has 0 saturated carbocycles. The van der Waals surface area contributed by atoms with Gasteiger partial charge in [-0.15, -0.1) is 0 Å². The minimum Gasteiger partial charge on any atom is -0.168 e. The van der Waals surface area contributed by atoms with Crippen molar-refractivity contribution < 1.29 is 13.2 Å². The molecule has 0 rings (SSSR count). The van der Waals surface area contributed by atoms with E-state index in [1.807, 2.05) is 0 Å². The van der Waals surface area contributed by atoms with Crippen molar-refractivity contribution in [3.8, 4) is 0 Å². The SMILES string of the molecule is FC(F)(F)C(I)(I)I. The Kier molecular flexibility index (Phi) is 3.65. The Bertz CT molecular complexity index is 67.5. The normalized spacial score (nSPS) is 14.2. The molecular formula is C2F3I3. The summed E-state index contributed by atoms with van der Waals surface area (Å²) in [5.41, 5.74) is 0. The lowest BCUT2D eigenvalue weighted by molar-refractivity contribution is -0.109. The van der Waals surface area contributed by atoms with Crippen molar-refractivity contribution >= 4 is 67.8 Å². The molecule has 0 bridgehead atoms. The van der Waals surface area contributed by atoms with Crippen molar-refractivity contribution in [3.63, 3.8) is 0 Å². The van der Waals surface area contributed by atoms with E-state index in [2.05, 4.69) is 0 Å². The molecule has 6 heteroatoms. The van der Waals surface area contributed by atoms with Crippen molar-refractivity contribution in [1.82, 2.24) is 0 Å². The highest BCUT2D eigenvalue weighted by Crippen LogP contribution is 2.49. The lowest BCUT2D eigenvalue weighted by Crippen LogP contribution is -2.25. The molecule has 0 aliphatic carbocycles. The van der Waals surface area contributed by atoms with Gasteiger partial charge in [0.25, 0.3) is 0 Å². The van der Waals surface area contributed by atoms with E-state index >= 15 is 0 Å². The van der Waals surface area contributed by atoms with E-state index in [1.165, 1.54) is 67.8 Å². The molecule has 0 aromatic heterocycles. The van der Waals surface area contributed by atoms with Crippen molar-refractivity contribution in [2.75, 3.05) is 0 Å². The highest BCUT2D eigenvalue weighted by Gasteiger charge is 2.48. The molecule has 0 aromatic rings. The average Bonchev–Trinajstić information content (AvgIpc) is 1.25. The largest absolute Gasteiger partial charge is 0.421 e. The third-order valence-corrected chi connectivity index (χ3v) is 2.16. The Hall–Kier alpha value is 1.98. The van der Waals surface area contributed by atoms with Gasteiger partial charge in [0, 0.05) is 0 Å². The summed E-state index contributed by atoms with van der Waals surface area (Å²) in [6, 6.07) is 0. The van der Waals surface area contributed by atoms with Crippen LogP contribution in [0.1, 0.15) is 0 Å². The van der Waals surface area contributed by atoms with Gasteiger partial charge in [-0.25, -0.2) is 0 Å². The molecule has 0 radical (unpaired) electrons. The number of rotatable bonds is 0. The monoisotopic (exact) mass is 462 g/mol. The number of alkyl halides is 6. The molecule has 0 aliphatic rings. The third kappa shape index (κ3) is 3.22. The first-order valence-corrected chi connectivity index (χ1v) is 4.62. The molecule has 0 N–H and O–H groups in total. The van der Waals surface area contributed by atoms with Crippen LogP contribution in [-0.4, -0.2) is 5.61 Å². The first-order chi connectivity index (χ1) is 3.25. The fraction of sp³-hybridized carbons (Fsp3) is 1.00. The second kappa shape index (κ2) is 2.93. The Morgan fingerprint density at radius 2 is 1.00 bits per heavy atom. The van der Waals surface area contributed by atoms with Crippen LogP contribution in [0.3, 0.4) is 0 Å². The fourth-order valence-electron chi connectivity index (χ4n) is 0. The highest BCUT2D eigenvalue weighted by molar-refractivity contribution is 14.3. The molecule has 0 aromatic carbocycles. The molecule has 0 amide bonds. The van der Waals surface area contributed by atoms with Crippen LogP contribution in [0.25, 0.3) is 0 Å². The Labute approximate surface area is 85.4 Å². The topological polar surface area (TPSA) is 0 Å². The predicted octanol–water partition coefficient (Wildman–Crippen LogP) is 3.51. The van der Waals surface area contributed by atoms with E-state index in [4.69, 9.17) is 0 Å². The van der Waals surface area contributed by atoms with Crippen LogP contribution in [0.4, 0.5) is 13.2 Å². The lowest BCUT2D eigenvalue weighted by atomic mass is 10.8. The zero-order valence-corrected chi connectivity index (χ0v) is 9.74. The van der Waals surface area contributed by atoms with E-state index < -0.39 is 5.61 Å². The molecule has 50 valence electrons. The van der Waals surface area contributed by atoms with E-state index in [-0.39, 0.29) is 0 Å². The summed E-state index contributed by atoms with van der Waals surface area (Å²) in [7, 11) is 0. The molecule has 0 aliphatic heterocycles. The van der Waals surface area contributed by atoms with Crippen molar-refractivity contribution in [1.29, 1.82) is 0 Å². The van der Waals surface area contributed by atoms with Crippen LogP contribution in [0, 0.1) is 0 Å². The zero-order valence-electron chi connectivity index (χ0n) is 3.27. The molecule has 0 saturated heterocycles. The standard InChI is InChI=1S/C2F3I3/c3-1(4,5)2(6,7)8. The van der Waals surface area contributed by atoms with Crippen LogP contribution in [0.2, 0.25) is 0 Å². The summed E-state index contributed by atoms with van der Waals surface area (Å²) in [6.07, 6.45) is -4.10. The summed E-state index contributed by atoms with van der Waals surface area (Å²) in [5.74, 6) is 0. The zero-order chi connectivity index (χ0) is 7.00. The smallest absolute Gasteiger partial charge is 0.168 e. The van der Waals surface area contributed by atoms with Gasteiger partial charge in [-0.3, -0.25) is 0 Å². The highest BCUT2D eigenvalue weighted by atomic mass is 127. The van der Waals surface area contributed by atoms with E-state index in [0.29, 0.717) is 0 Å². The maximum absolute atomic E-state index is 11.5. The fourth-order valence-corrected chi connectivity index (χ4v) is 0. The summed E-state index contributed by atoms with van der Waals surface area (Å²) in [6.45, 7) is 0. The first kappa shape index (κ1) is 9.98. The maximum Gasteiger partial charge on any atom is 0.421 e. The van der Waals surface area contributed by atoms with Gasteiger partial charge in [-0.05, 0) is 67.8 Å². The van der Waals surface area contributed by atoms with Crippen LogP contribution in [0.5, 0.6) is 0 Å². The number of hydrogen-bond acceptors (Lipinski definition) is 0. The average molecular weight is 462 g/mol. The number of halogens is 6. The number of hydrogen-bond donors (Lipinski definition) is 0. The first-order valence-electron chi connectivity index (χ1n) is 1.38. The van der Waals surface area contributed by atoms with E-state index in [9.17, 15) is 13.2 Å². The molecular weight excluding hydrogens is 462 g/mol. The van der Waals surface area contributed by atoms with Crippen LogP contribution in [-0.2, 0) is 0 Å². The second-order valence-corrected chi connectivity index (χ2v) is 12.0. The van der Waals surface area contributed by atoms with Crippen molar-refractivity contribution in [3.05, 3.63) is 0 Å². The van der Waals surface area contributed by atoms with Crippen molar-refractivity contribution in [2.24, 2.45) is 0 Å². The molecule has 0 nitrogen and oxygen atoms in total. The summed E-state index contributed by atoms with van der Waals surface area (Å²) in [4.78, 5) is 0. The lowest BCUT2D eigenvalue weighted by Gasteiger charge is -2.15. The van der Waals surface area contributed by atoms with E-state index in [0.717, 1.165) is 0 Å². The summed E-state index contributed by atoms with van der Waals surface area (Å²) in [5, 5.41) is 0. The summed E-state index contributed by atoms with van der Waals surface area (Å²) >= 11 is 4.00. The molecule has 0 fully saturated rings. The van der Waals surface area contributed by atoms with Gasteiger partial charge >= 0.3 is 6.18 Å². The molecule has 0 spiro atoms. The minimum atomic E-state index is -4.10. The van der Waals surface area contributed by atoms with Gasteiger partial charge < -0.3 is 0 Å². The second-order valence-electron chi connectivity index (χ2n) is 0.996. The predicted molar refractivity (Wildman–Crippen MR) is 50.8 cm³/mol. The summed E-state index contributed by atoms with van der Waals surface area (Å²) < 4.78 is 33.0. The molecule has 0 heterocycles. The van der Waals surface area contributed by atoms with Crippen LogP contribution in [0.15, 0.2) is 0 Å². The molecule has 0 unspecified atom stereocenters. The third-order valence-electron chi connectivity index (χ3n) is 0.321. The van der Waals surface area contributed by atoms with Crippen LogP contribution >= 0.6 is 67.8 Å². The van der Waals surface area contributed by atoms with Gasteiger partial charge in [-0.1, -0.05) is 0 Å². The Morgan fingerprint density at radius 3 is 1.00 bits per heavy atom. The van der Waals surface area contributed by atoms with Gasteiger partial charge in [0.1, 0.15) is 0 Å². The van der Waals surface area contributed by atoms with Crippen molar-refractivity contribution in [2.45, 2.75) is 5.61 Å². The van der Waals surface area contributed by atoms with Gasteiger partial charge in [0.15, 0.2) is 0 Å². The van der Waals surface area contributed by atoms with Gasteiger partial charge in [0.05, 0.1) is 0 Å². The van der Waals surface area contributed by atoms with Gasteiger partial charge in [-0.2, -0.15) is 13.2 Å².